The summed E-state index contributed by atoms with van der Waals surface area (Å²) in [5.41, 5.74) is 3.22. The third-order valence-electron chi connectivity index (χ3n) is 7.15. The molecule has 35 heavy (non-hydrogen) atoms. The van der Waals surface area contributed by atoms with Crippen LogP contribution in [0.15, 0.2) is 75.1 Å². The first kappa shape index (κ1) is 21.7. The lowest BCUT2D eigenvalue weighted by molar-refractivity contribution is -0.134. The van der Waals surface area contributed by atoms with Crippen LogP contribution in [0, 0.1) is 0 Å². The fourth-order valence-corrected chi connectivity index (χ4v) is 5.29. The lowest BCUT2D eigenvalue weighted by Crippen LogP contribution is -2.41. The quantitative estimate of drug-likeness (QED) is 0.430. The van der Waals surface area contributed by atoms with Gasteiger partial charge in [-0.05, 0) is 79.9 Å². The Labute approximate surface area is 203 Å². The Morgan fingerprint density at radius 2 is 1.97 bits per heavy atom. The van der Waals surface area contributed by atoms with Gasteiger partial charge in [-0.2, -0.15) is 5.10 Å². The van der Waals surface area contributed by atoms with E-state index < -0.39 is 0 Å². The molecule has 1 fully saturated rings. The molecule has 6 rings (SSSR count). The summed E-state index contributed by atoms with van der Waals surface area (Å²) < 4.78 is 16.6. The number of nitrogens with zero attached hydrogens (tertiary/aromatic N) is 3. The second kappa shape index (κ2) is 9.11. The predicted octanol–water partition coefficient (Wildman–Crippen LogP) is 4.92. The number of hydrogen-bond donors (Lipinski definition) is 1. The van der Waals surface area contributed by atoms with E-state index in [1.54, 1.807) is 24.6 Å². The summed E-state index contributed by atoms with van der Waals surface area (Å²) in [5, 5.41) is 7.44. The van der Waals surface area contributed by atoms with Crippen LogP contribution < -0.4 is 4.74 Å². The molecule has 1 aromatic carbocycles. The number of carbonyl (C=O) groups is 1. The number of likely N-dealkylation sites (tertiary alicyclic amines) is 1. The third-order valence-corrected chi connectivity index (χ3v) is 7.15. The van der Waals surface area contributed by atoms with Crippen molar-refractivity contribution in [3.63, 3.8) is 0 Å². The lowest BCUT2D eigenvalue weighted by atomic mass is 9.89. The highest BCUT2D eigenvalue weighted by Gasteiger charge is 2.36. The van der Waals surface area contributed by atoms with Gasteiger partial charge < -0.3 is 18.6 Å². The van der Waals surface area contributed by atoms with E-state index in [0.717, 1.165) is 48.7 Å². The molecule has 0 spiro atoms. The van der Waals surface area contributed by atoms with Gasteiger partial charge in [-0.25, -0.2) is 5.01 Å². The molecule has 0 saturated carbocycles. The van der Waals surface area contributed by atoms with Crippen LogP contribution in [0.1, 0.15) is 48.3 Å². The number of rotatable bonds is 6. The van der Waals surface area contributed by atoms with Gasteiger partial charge in [0.25, 0.3) is 5.91 Å². The summed E-state index contributed by atoms with van der Waals surface area (Å²) in [6, 6.07) is 13.3. The number of hydrogen-bond acceptors (Lipinski definition) is 6. The molecule has 1 amide bonds. The van der Waals surface area contributed by atoms with E-state index in [0.29, 0.717) is 24.6 Å². The molecule has 0 radical (unpaired) electrons. The van der Waals surface area contributed by atoms with Crippen LogP contribution in [-0.2, 0) is 4.79 Å². The molecule has 180 valence electrons. The minimum Gasteiger partial charge on any atom is -0.497 e. The molecule has 1 atom stereocenters. The molecule has 0 aliphatic carbocycles. The number of nitrogens with one attached hydrogen (secondary N) is 1. The van der Waals surface area contributed by atoms with E-state index in [4.69, 9.17) is 13.6 Å². The summed E-state index contributed by atoms with van der Waals surface area (Å²) in [6.07, 6.45) is 7.95. The molecule has 8 heteroatoms. The van der Waals surface area contributed by atoms with Crippen molar-refractivity contribution < 1.29 is 18.4 Å². The van der Waals surface area contributed by atoms with E-state index in [-0.39, 0.29) is 11.9 Å². The average Bonchev–Trinajstić information content (AvgIpc) is 3.69. The van der Waals surface area contributed by atoms with Crippen molar-refractivity contribution in [3.05, 3.63) is 78.3 Å². The topological polar surface area (TPSA) is 87.2 Å². The summed E-state index contributed by atoms with van der Waals surface area (Å²) in [4.78, 5) is 19.0. The Bertz CT molecular complexity index is 1330. The predicted molar refractivity (Wildman–Crippen MR) is 131 cm³/mol. The number of amides is 1. The number of hydrazone groups is 1. The van der Waals surface area contributed by atoms with E-state index in [2.05, 4.69) is 33.3 Å². The Morgan fingerprint density at radius 1 is 1.14 bits per heavy atom. The number of H-pyrrole nitrogens is 1. The van der Waals surface area contributed by atoms with Crippen LogP contribution in [0.3, 0.4) is 0 Å². The molecule has 2 aliphatic heterocycles. The Hall–Kier alpha value is -3.78. The highest BCUT2D eigenvalue weighted by molar-refractivity contribution is 6.01. The minimum absolute atomic E-state index is 0.0248. The molecule has 4 aromatic rings. The van der Waals surface area contributed by atoms with Gasteiger partial charge in [0.05, 0.1) is 26.2 Å². The zero-order valence-electron chi connectivity index (χ0n) is 19.6. The second-order valence-electron chi connectivity index (χ2n) is 9.20. The van der Waals surface area contributed by atoms with E-state index in [1.165, 1.54) is 10.9 Å². The number of aromatic amines is 1. The zero-order valence-corrected chi connectivity index (χ0v) is 19.6. The number of piperidine rings is 1. The summed E-state index contributed by atoms with van der Waals surface area (Å²) in [6.45, 7) is 2.06. The van der Waals surface area contributed by atoms with Crippen LogP contribution in [0.4, 0.5) is 0 Å². The first-order chi connectivity index (χ1) is 17.2. The van der Waals surface area contributed by atoms with Gasteiger partial charge in [-0.15, -0.1) is 0 Å². The SMILES string of the molecule is COc1ccc2[nH]cc(C3CCN(CC(=O)N4N=C(c5ccco5)CC4c4ccco4)CC3)c2c1. The molecular formula is C27H28N4O4. The average molecular weight is 473 g/mol. The number of methoxy groups -OCH3 is 1. The van der Waals surface area contributed by atoms with Crippen molar-refractivity contribution in [2.75, 3.05) is 26.7 Å². The van der Waals surface area contributed by atoms with E-state index >= 15 is 0 Å². The molecule has 1 N–H and O–H groups in total. The molecule has 8 nitrogen and oxygen atoms in total. The van der Waals surface area contributed by atoms with Crippen LogP contribution in [0.25, 0.3) is 10.9 Å². The molecule has 0 bridgehead atoms. The van der Waals surface area contributed by atoms with Gasteiger partial charge in [-0.3, -0.25) is 9.69 Å². The molecule has 1 unspecified atom stereocenters. The largest absolute Gasteiger partial charge is 0.497 e. The summed E-state index contributed by atoms with van der Waals surface area (Å²) >= 11 is 0. The highest BCUT2D eigenvalue weighted by Crippen LogP contribution is 2.36. The normalized spacial score (nSPS) is 19.4. The number of fused-ring (bicyclic) bond motifs is 1. The monoisotopic (exact) mass is 472 g/mol. The standard InChI is InChI=1S/C27H28N4O4/c1-33-19-6-7-22-20(14-19)21(16-28-22)18-8-10-30(11-9-18)17-27(32)31-24(26-5-3-13-35-26)15-23(29-31)25-4-2-12-34-25/h2-7,12-14,16,18,24,28H,8-11,15,17H2,1H3. The Balaban J connectivity index is 1.14. The van der Waals surface area contributed by atoms with E-state index in [9.17, 15) is 4.79 Å². The maximum atomic E-state index is 13.4. The van der Waals surface area contributed by atoms with Crippen LogP contribution in [0.2, 0.25) is 0 Å². The van der Waals surface area contributed by atoms with Crippen molar-refractivity contribution in [2.24, 2.45) is 5.10 Å². The smallest absolute Gasteiger partial charge is 0.257 e. The minimum atomic E-state index is -0.253. The van der Waals surface area contributed by atoms with Crippen molar-refractivity contribution >= 4 is 22.5 Å². The number of benzene rings is 1. The first-order valence-corrected chi connectivity index (χ1v) is 12.0. The molecule has 1 saturated heterocycles. The summed E-state index contributed by atoms with van der Waals surface area (Å²) in [5.74, 6) is 2.72. The van der Waals surface area contributed by atoms with Gasteiger partial charge in [0.2, 0.25) is 0 Å². The van der Waals surface area contributed by atoms with Crippen LogP contribution in [-0.4, -0.2) is 53.3 Å². The van der Waals surface area contributed by atoms with Gasteiger partial charge in [0.1, 0.15) is 29.0 Å². The maximum absolute atomic E-state index is 13.4. The fourth-order valence-electron chi connectivity index (χ4n) is 5.29. The third kappa shape index (κ3) is 4.14. The number of aromatic nitrogens is 1. The van der Waals surface area contributed by atoms with E-state index in [1.807, 2.05) is 30.3 Å². The lowest BCUT2D eigenvalue weighted by Gasteiger charge is -2.32. The van der Waals surface area contributed by atoms with Crippen LogP contribution in [0.5, 0.6) is 5.75 Å². The van der Waals surface area contributed by atoms with Crippen molar-refractivity contribution in [2.45, 2.75) is 31.2 Å². The van der Waals surface area contributed by atoms with Gasteiger partial charge in [-0.1, -0.05) is 0 Å². The van der Waals surface area contributed by atoms with Crippen molar-refractivity contribution in [1.82, 2.24) is 14.9 Å². The number of carbonyl (C=O) groups excluding carboxylic acids is 1. The number of ether oxygens (including phenoxy) is 1. The molecule has 5 heterocycles. The van der Waals surface area contributed by atoms with Crippen molar-refractivity contribution in [3.8, 4) is 5.75 Å². The Morgan fingerprint density at radius 3 is 2.71 bits per heavy atom. The fraction of sp³-hybridized carbons (Fsp3) is 0.333. The number of furan rings is 2. The summed E-state index contributed by atoms with van der Waals surface area (Å²) in [7, 11) is 1.70. The van der Waals surface area contributed by atoms with Crippen molar-refractivity contribution in [1.29, 1.82) is 0 Å². The zero-order chi connectivity index (χ0) is 23.8. The first-order valence-electron chi connectivity index (χ1n) is 12.0. The molecule has 3 aromatic heterocycles. The maximum Gasteiger partial charge on any atom is 0.257 e. The molecule has 2 aliphatic rings. The Kier molecular flexibility index (Phi) is 5.66. The van der Waals surface area contributed by atoms with Crippen LogP contribution >= 0.6 is 0 Å². The molecular weight excluding hydrogens is 444 g/mol. The highest BCUT2D eigenvalue weighted by atomic mass is 16.5. The second-order valence-corrected chi connectivity index (χ2v) is 9.20. The van der Waals surface area contributed by atoms with Gasteiger partial charge in [0.15, 0.2) is 0 Å². The van der Waals surface area contributed by atoms with Gasteiger partial charge >= 0.3 is 0 Å². The van der Waals surface area contributed by atoms with Gasteiger partial charge in [0, 0.05) is 23.5 Å².